The van der Waals surface area contributed by atoms with Crippen LogP contribution >= 0.6 is 23.1 Å². The third-order valence-electron chi connectivity index (χ3n) is 2.33. The number of anilines is 1. The zero-order chi connectivity index (χ0) is 11.4. The van der Waals surface area contributed by atoms with Crippen LogP contribution in [0.1, 0.15) is 17.8 Å². The number of hydrogen-bond donors (Lipinski definition) is 1. The fraction of sp³-hybridized carbons (Fsp3) is 0.250. The summed E-state index contributed by atoms with van der Waals surface area (Å²) in [6.45, 7) is 2.15. The second-order valence-corrected chi connectivity index (χ2v) is 5.30. The second-order valence-electron chi connectivity index (χ2n) is 3.50. The first-order chi connectivity index (χ1) is 7.79. The van der Waals surface area contributed by atoms with E-state index in [4.69, 9.17) is 0 Å². The number of hydrogen-bond acceptors (Lipinski definition) is 4. The molecule has 0 aliphatic rings. The van der Waals surface area contributed by atoms with Gasteiger partial charge in [-0.3, -0.25) is 4.98 Å². The predicted octanol–water partition coefficient (Wildman–Crippen LogP) is 4.04. The van der Waals surface area contributed by atoms with Gasteiger partial charge >= 0.3 is 0 Å². The summed E-state index contributed by atoms with van der Waals surface area (Å²) in [6, 6.07) is 8.77. The summed E-state index contributed by atoms with van der Waals surface area (Å²) in [5.74, 6) is 0. The number of nitrogens with one attached hydrogen (secondary N) is 1. The van der Waals surface area contributed by atoms with E-state index in [1.165, 1.54) is 9.77 Å². The molecule has 0 radical (unpaired) electrons. The highest BCUT2D eigenvalue weighted by Crippen LogP contribution is 2.24. The Labute approximate surface area is 104 Å². The van der Waals surface area contributed by atoms with Crippen LogP contribution in [-0.4, -0.2) is 11.2 Å². The van der Waals surface area contributed by atoms with Gasteiger partial charge in [0.2, 0.25) is 0 Å². The Morgan fingerprint density at radius 2 is 2.31 bits per heavy atom. The smallest absolute Gasteiger partial charge is 0.0795 e. The van der Waals surface area contributed by atoms with Crippen molar-refractivity contribution in [2.24, 2.45) is 0 Å². The molecule has 0 aliphatic carbocycles. The summed E-state index contributed by atoms with van der Waals surface area (Å²) in [7, 11) is 0. The maximum Gasteiger partial charge on any atom is 0.0795 e. The first-order valence-electron chi connectivity index (χ1n) is 5.08. The average molecular weight is 250 g/mol. The quantitative estimate of drug-likeness (QED) is 0.829. The number of benzene rings is 1. The molecule has 0 saturated heterocycles. The van der Waals surface area contributed by atoms with Crippen LogP contribution in [0.2, 0.25) is 0 Å². The molecule has 0 aliphatic heterocycles. The van der Waals surface area contributed by atoms with Gasteiger partial charge in [-0.15, -0.1) is 23.1 Å². The Bertz CT molecular complexity index is 440. The van der Waals surface area contributed by atoms with E-state index in [0.29, 0.717) is 6.04 Å². The van der Waals surface area contributed by atoms with Crippen molar-refractivity contribution in [3.63, 3.8) is 0 Å². The molecular weight excluding hydrogens is 236 g/mol. The van der Waals surface area contributed by atoms with Gasteiger partial charge in [-0.05, 0) is 31.4 Å². The van der Waals surface area contributed by atoms with Crippen molar-refractivity contribution in [1.29, 1.82) is 0 Å². The topological polar surface area (TPSA) is 24.9 Å². The SMILES string of the molecule is CSc1cccc(NC(C)c2cncs2)c1. The normalized spacial score (nSPS) is 12.4. The van der Waals surface area contributed by atoms with Crippen molar-refractivity contribution in [1.82, 2.24) is 4.98 Å². The molecule has 84 valence electrons. The summed E-state index contributed by atoms with van der Waals surface area (Å²) in [4.78, 5) is 6.63. The van der Waals surface area contributed by atoms with Gasteiger partial charge in [0.05, 0.1) is 11.6 Å². The van der Waals surface area contributed by atoms with Crippen LogP contribution in [-0.2, 0) is 0 Å². The van der Waals surface area contributed by atoms with Gasteiger partial charge in [0, 0.05) is 21.7 Å². The van der Waals surface area contributed by atoms with E-state index < -0.39 is 0 Å². The molecule has 0 fully saturated rings. The molecule has 1 unspecified atom stereocenters. The lowest BCUT2D eigenvalue weighted by Crippen LogP contribution is -2.04. The standard InChI is InChI=1S/C12H14N2S2/c1-9(12-7-13-8-16-12)14-10-4-3-5-11(6-10)15-2/h3-9,14H,1-2H3. The minimum absolute atomic E-state index is 0.310. The van der Waals surface area contributed by atoms with Crippen molar-refractivity contribution in [3.05, 3.63) is 40.8 Å². The molecule has 2 rings (SSSR count). The molecule has 4 heteroatoms. The Morgan fingerprint density at radius 3 is 3.00 bits per heavy atom. The maximum absolute atomic E-state index is 4.09. The number of aromatic nitrogens is 1. The summed E-state index contributed by atoms with van der Waals surface area (Å²) in [5, 5.41) is 3.48. The Morgan fingerprint density at radius 1 is 1.44 bits per heavy atom. The van der Waals surface area contributed by atoms with Crippen molar-refractivity contribution < 1.29 is 0 Å². The molecule has 2 nitrogen and oxygen atoms in total. The fourth-order valence-electron chi connectivity index (χ4n) is 1.47. The Hall–Kier alpha value is -1.000. The number of thioether (sulfide) groups is 1. The van der Waals surface area contributed by atoms with E-state index in [0.717, 1.165) is 5.69 Å². The lowest BCUT2D eigenvalue weighted by atomic mass is 10.2. The third-order valence-corrected chi connectivity index (χ3v) is 4.01. The number of nitrogens with zero attached hydrogens (tertiary/aromatic N) is 1. The lowest BCUT2D eigenvalue weighted by Gasteiger charge is -2.13. The molecule has 1 N–H and O–H groups in total. The van der Waals surface area contributed by atoms with Gasteiger partial charge in [0.1, 0.15) is 0 Å². The minimum atomic E-state index is 0.310. The summed E-state index contributed by atoms with van der Waals surface area (Å²) >= 11 is 3.44. The van der Waals surface area contributed by atoms with Crippen LogP contribution in [0, 0.1) is 0 Å². The van der Waals surface area contributed by atoms with Crippen molar-refractivity contribution in [3.8, 4) is 0 Å². The molecule has 0 amide bonds. The van der Waals surface area contributed by atoms with Crippen LogP contribution in [0.15, 0.2) is 40.9 Å². The van der Waals surface area contributed by atoms with Crippen molar-refractivity contribution in [2.75, 3.05) is 11.6 Å². The van der Waals surface area contributed by atoms with Gasteiger partial charge in [-0.1, -0.05) is 6.07 Å². The van der Waals surface area contributed by atoms with Gasteiger partial charge in [0.25, 0.3) is 0 Å². The molecule has 2 aromatic rings. The highest BCUT2D eigenvalue weighted by molar-refractivity contribution is 7.98. The molecular formula is C12H14N2S2. The van der Waals surface area contributed by atoms with Crippen LogP contribution in [0.4, 0.5) is 5.69 Å². The monoisotopic (exact) mass is 250 g/mol. The second kappa shape index (κ2) is 5.37. The van der Waals surface area contributed by atoms with Gasteiger partial charge in [0.15, 0.2) is 0 Å². The first-order valence-corrected chi connectivity index (χ1v) is 7.19. The molecule has 1 heterocycles. The highest BCUT2D eigenvalue weighted by Gasteiger charge is 2.06. The van der Waals surface area contributed by atoms with E-state index in [1.54, 1.807) is 23.1 Å². The van der Waals surface area contributed by atoms with E-state index in [2.05, 4.69) is 47.7 Å². The van der Waals surface area contributed by atoms with E-state index in [1.807, 2.05) is 11.7 Å². The van der Waals surface area contributed by atoms with Crippen LogP contribution in [0.25, 0.3) is 0 Å². The van der Waals surface area contributed by atoms with E-state index in [9.17, 15) is 0 Å². The molecule has 1 aromatic carbocycles. The zero-order valence-electron chi connectivity index (χ0n) is 9.31. The van der Waals surface area contributed by atoms with Gasteiger partial charge in [-0.25, -0.2) is 0 Å². The van der Waals surface area contributed by atoms with E-state index >= 15 is 0 Å². The third kappa shape index (κ3) is 2.77. The number of thiazole rings is 1. The number of rotatable bonds is 4. The molecule has 0 saturated carbocycles. The minimum Gasteiger partial charge on any atom is -0.378 e. The van der Waals surface area contributed by atoms with Crippen LogP contribution in [0.3, 0.4) is 0 Å². The Balaban J connectivity index is 2.08. The average Bonchev–Trinajstić information content (AvgIpc) is 2.83. The highest BCUT2D eigenvalue weighted by atomic mass is 32.2. The Kier molecular flexibility index (Phi) is 3.85. The molecule has 0 bridgehead atoms. The molecule has 16 heavy (non-hydrogen) atoms. The molecule has 1 atom stereocenters. The lowest BCUT2D eigenvalue weighted by molar-refractivity contribution is 0.902. The maximum atomic E-state index is 4.09. The van der Waals surface area contributed by atoms with Crippen molar-refractivity contribution >= 4 is 28.8 Å². The van der Waals surface area contributed by atoms with E-state index in [-0.39, 0.29) is 0 Å². The van der Waals surface area contributed by atoms with Gasteiger partial charge in [-0.2, -0.15) is 0 Å². The molecule has 0 spiro atoms. The largest absolute Gasteiger partial charge is 0.378 e. The fourth-order valence-corrected chi connectivity index (χ4v) is 2.56. The van der Waals surface area contributed by atoms with Crippen LogP contribution in [0.5, 0.6) is 0 Å². The van der Waals surface area contributed by atoms with Crippen molar-refractivity contribution in [2.45, 2.75) is 17.9 Å². The summed E-state index contributed by atoms with van der Waals surface area (Å²) in [5.41, 5.74) is 3.03. The summed E-state index contributed by atoms with van der Waals surface area (Å²) in [6.07, 6.45) is 4.01. The summed E-state index contributed by atoms with van der Waals surface area (Å²) < 4.78 is 0. The van der Waals surface area contributed by atoms with Gasteiger partial charge < -0.3 is 5.32 Å². The molecule has 1 aromatic heterocycles. The zero-order valence-corrected chi connectivity index (χ0v) is 10.9. The first kappa shape index (κ1) is 11.5. The predicted molar refractivity (Wildman–Crippen MR) is 72.4 cm³/mol. The van der Waals surface area contributed by atoms with Crippen LogP contribution < -0.4 is 5.32 Å².